The highest BCUT2D eigenvalue weighted by Crippen LogP contribution is 2.52. The zero-order valence-corrected chi connectivity index (χ0v) is 23.7. The van der Waals surface area contributed by atoms with E-state index >= 15 is 0 Å². The van der Waals surface area contributed by atoms with Gasteiger partial charge >= 0.3 is 0 Å². The lowest BCUT2D eigenvalue weighted by Gasteiger charge is -2.34. The first-order valence-corrected chi connectivity index (χ1v) is 14.9. The summed E-state index contributed by atoms with van der Waals surface area (Å²) >= 11 is 0. The van der Waals surface area contributed by atoms with Crippen LogP contribution in [0.3, 0.4) is 0 Å². The molecule has 2 aromatic heterocycles. The molecule has 0 atom stereocenters. The lowest BCUT2D eigenvalue weighted by molar-refractivity contribution is -0.121. The Hall–Kier alpha value is -4.44. The molecule has 214 valence electrons. The molecule has 1 amide bonds. The molecule has 2 aromatic carbocycles. The first kappa shape index (κ1) is 25.3. The zero-order chi connectivity index (χ0) is 28.4. The van der Waals surface area contributed by atoms with Gasteiger partial charge in [0.1, 0.15) is 11.1 Å². The van der Waals surface area contributed by atoms with E-state index in [9.17, 15) is 9.59 Å². The molecular weight excluding hydrogens is 530 g/mol. The van der Waals surface area contributed by atoms with Gasteiger partial charge in [0.2, 0.25) is 5.95 Å². The SMILES string of the molecule is CCN1Cc2cc(Nc3ncc4c(=O)n5n(c4n3)-c3ccc4c(c3)N(CCCC=CC5)C(=O)CO4)ccc2C2(CC2)C1. The average molecular weight is 564 g/mol. The van der Waals surface area contributed by atoms with Crippen molar-refractivity contribution in [1.82, 2.24) is 24.2 Å². The number of carbonyl (C=O) groups excluding carboxylic acids is 1. The molecule has 3 aliphatic heterocycles. The largest absolute Gasteiger partial charge is 0.482 e. The quantitative estimate of drug-likeness (QED) is 0.372. The van der Waals surface area contributed by atoms with Gasteiger partial charge in [0.15, 0.2) is 12.3 Å². The molecule has 10 heteroatoms. The Labute approximate surface area is 243 Å². The molecule has 5 heterocycles. The summed E-state index contributed by atoms with van der Waals surface area (Å²) in [6.45, 7) is 6.40. The normalized spacial score (nSPS) is 19.1. The van der Waals surface area contributed by atoms with Crippen molar-refractivity contribution in [3.8, 4) is 11.4 Å². The minimum Gasteiger partial charge on any atom is -0.482 e. The molecule has 10 nitrogen and oxygen atoms in total. The van der Waals surface area contributed by atoms with Crippen LogP contribution in [-0.4, -0.2) is 56.4 Å². The Morgan fingerprint density at radius 1 is 1.10 bits per heavy atom. The van der Waals surface area contributed by atoms with Crippen molar-refractivity contribution in [3.05, 3.63) is 76.2 Å². The summed E-state index contributed by atoms with van der Waals surface area (Å²) in [5.41, 5.74) is 5.87. The van der Waals surface area contributed by atoms with Crippen molar-refractivity contribution >= 4 is 34.3 Å². The van der Waals surface area contributed by atoms with Crippen LogP contribution >= 0.6 is 0 Å². The highest BCUT2D eigenvalue weighted by atomic mass is 16.5. The number of likely N-dealkylation sites (N-methyl/N-ethyl adjacent to an activating group) is 1. The second-order valence-corrected chi connectivity index (χ2v) is 11.8. The number of ether oxygens (including phenoxy) is 1. The van der Waals surface area contributed by atoms with Crippen LogP contribution in [0.5, 0.6) is 5.75 Å². The third kappa shape index (κ3) is 4.04. The Bertz CT molecular complexity index is 1830. The first-order valence-electron chi connectivity index (χ1n) is 14.9. The standard InChI is InChI=1S/C32H33N7O3/c1-2-36-18-21-15-22(7-9-25(21)32(20-36)11-12-32)34-31-33-17-24-29(35-31)39-23-8-10-27-26(16-23)37(28(40)19-42-27)13-5-3-4-6-14-38(39)30(24)41/h4,6-10,15-17H,2-3,5,11-14,18-20H2,1H3,(H,33,34,35). The van der Waals surface area contributed by atoms with E-state index in [0.29, 0.717) is 46.9 Å². The number of carbonyl (C=O) groups is 1. The Morgan fingerprint density at radius 3 is 2.86 bits per heavy atom. The molecule has 8 rings (SSSR count). The third-order valence-electron chi connectivity index (χ3n) is 9.16. The lowest BCUT2D eigenvalue weighted by Crippen LogP contribution is -2.39. The van der Waals surface area contributed by atoms with Gasteiger partial charge in [-0.25, -0.2) is 14.3 Å². The van der Waals surface area contributed by atoms with Crippen LogP contribution in [0.4, 0.5) is 17.3 Å². The van der Waals surface area contributed by atoms with Gasteiger partial charge in [-0.1, -0.05) is 25.1 Å². The van der Waals surface area contributed by atoms with Crippen LogP contribution in [-0.2, 0) is 23.3 Å². The van der Waals surface area contributed by atoms with Crippen molar-refractivity contribution < 1.29 is 9.53 Å². The van der Waals surface area contributed by atoms with Crippen molar-refractivity contribution in [3.63, 3.8) is 0 Å². The van der Waals surface area contributed by atoms with Gasteiger partial charge in [0.05, 0.1) is 17.9 Å². The molecule has 42 heavy (non-hydrogen) atoms. The number of nitrogens with zero attached hydrogens (tertiary/aromatic N) is 6. The maximum atomic E-state index is 13.6. The van der Waals surface area contributed by atoms with Gasteiger partial charge in [-0.2, -0.15) is 4.98 Å². The van der Waals surface area contributed by atoms with Crippen LogP contribution in [0.2, 0.25) is 0 Å². The van der Waals surface area contributed by atoms with Crippen molar-refractivity contribution in [1.29, 1.82) is 0 Å². The number of hydrogen-bond donors (Lipinski definition) is 1. The fraction of sp³-hybridized carbons (Fsp3) is 0.375. The van der Waals surface area contributed by atoms with Gasteiger partial charge in [-0.15, -0.1) is 0 Å². The predicted octanol–water partition coefficient (Wildman–Crippen LogP) is 4.27. The number of amides is 1. The minimum absolute atomic E-state index is 0.0295. The summed E-state index contributed by atoms with van der Waals surface area (Å²) in [5, 5.41) is 3.84. The highest BCUT2D eigenvalue weighted by Gasteiger charge is 2.48. The van der Waals surface area contributed by atoms with Crippen LogP contribution in [0.25, 0.3) is 16.7 Å². The average Bonchev–Trinajstić information content (AvgIpc) is 3.71. The number of benzene rings is 2. The monoisotopic (exact) mass is 563 g/mol. The Morgan fingerprint density at radius 2 is 2.00 bits per heavy atom. The first-order chi connectivity index (χ1) is 20.5. The molecule has 1 aliphatic carbocycles. The van der Waals surface area contributed by atoms with Crippen molar-refractivity contribution in [2.24, 2.45) is 0 Å². The topological polar surface area (TPSA) is 97.5 Å². The number of anilines is 3. The van der Waals surface area contributed by atoms with E-state index in [0.717, 1.165) is 43.9 Å². The number of hydrogen-bond acceptors (Lipinski definition) is 7. The van der Waals surface area contributed by atoms with Gasteiger partial charge in [-0.05, 0) is 73.7 Å². The molecule has 0 saturated heterocycles. The minimum atomic E-state index is -0.164. The summed E-state index contributed by atoms with van der Waals surface area (Å²) in [5.74, 6) is 1.02. The summed E-state index contributed by atoms with van der Waals surface area (Å²) in [6.07, 6.45) is 9.82. The molecule has 0 radical (unpaired) electrons. The maximum absolute atomic E-state index is 13.6. The van der Waals surface area contributed by atoms with E-state index < -0.39 is 0 Å². The predicted molar refractivity (Wildman–Crippen MR) is 161 cm³/mol. The number of allylic oxidation sites excluding steroid dienone is 2. The second kappa shape index (κ2) is 9.55. The summed E-state index contributed by atoms with van der Waals surface area (Å²) < 4.78 is 9.24. The molecule has 2 bridgehead atoms. The third-order valence-corrected chi connectivity index (χ3v) is 9.16. The van der Waals surface area contributed by atoms with Crippen molar-refractivity contribution in [2.75, 3.05) is 36.5 Å². The highest BCUT2D eigenvalue weighted by molar-refractivity contribution is 5.98. The summed E-state index contributed by atoms with van der Waals surface area (Å²) in [6, 6.07) is 12.3. The fourth-order valence-corrected chi connectivity index (χ4v) is 6.80. The van der Waals surface area contributed by atoms with Gasteiger partial charge in [0, 0.05) is 36.9 Å². The van der Waals surface area contributed by atoms with Gasteiger partial charge in [0.25, 0.3) is 11.5 Å². The second-order valence-electron chi connectivity index (χ2n) is 11.8. The lowest BCUT2D eigenvalue weighted by atomic mass is 9.86. The van der Waals surface area contributed by atoms with E-state index in [4.69, 9.17) is 9.72 Å². The molecular formula is C32H33N7O3. The summed E-state index contributed by atoms with van der Waals surface area (Å²) in [4.78, 5) is 40.1. The van der Waals surface area contributed by atoms with E-state index in [1.54, 1.807) is 15.8 Å². The van der Waals surface area contributed by atoms with Crippen LogP contribution in [0, 0.1) is 0 Å². The van der Waals surface area contributed by atoms with Crippen LogP contribution in [0.1, 0.15) is 43.7 Å². The van der Waals surface area contributed by atoms with E-state index in [-0.39, 0.29) is 18.1 Å². The molecule has 1 fully saturated rings. The molecule has 4 aliphatic rings. The summed E-state index contributed by atoms with van der Waals surface area (Å²) in [7, 11) is 0. The molecule has 1 N–H and O–H groups in total. The van der Waals surface area contributed by atoms with Crippen LogP contribution in [0.15, 0.2) is 59.5 Å². The number of nitrogens with one attached hydrogen (secondary N) is 1. The van der Waals surface area contributed by atoms with E-state index in [2.05, 4.69) is 46.4 Å². The van der Waals surface area contributed by atoms with E-state index in [1.807, 2.05) is 29.0 Å². The zero-order valence-electron chi connectivity index (χ0n) is 23.7. The Balaban J connectivity index is 1.22. The van der Waals surface area contributed by atoms with Crippen LogP contribution < -0.4 is 20.5 Å². The maximum Gasteiger partial charge on any atom is 0.278 e. The van der Waals surface area contributed by atoms with E-state index in [1.165, 1.54) is 24.0 Å². The fourth-order valence-electron chi connectivity index (χ4n) is 6.80. The van der Waals surface area contributed by atoms with Gasteiger partial charge < -0.3 is 15.0 Å². The number of fused-ring (bicyclic) bond motifs is 7. The molecule has 4 aromatic rings. The molecule has 1 saturated carbocycles. The molecule has 1 spiro atoms. The smallest absolute Gasteiger partial charge is 0.278 e. The molecule has 0 unspecified atom stereocenters. The van der Waals surface area contributed by atoms with Gasteiger partial charge in [-0.3, -0.25) is 14.5 Å². The Kier molecular flexibility index (Phi) is 5.75. The number of aromatic nitrogens is 4. The number of rotatable bonds is 3. The van der Waals surface area contributed by atoms with Crippen molar-refractivity contribution in [2.45, 2.75) is 51.1 Å².